The first-order valence-corrected chi connectivity index (χ1v) is 3.43. The van der Waals surface area contributed by atoms with Crippen LogP contribution in [0.2, 0.25) is 0 Å². The highest BCUT2D eigenvalue weighted by atomic mass is 16.6. The van der Waals surface area contributed by atoms with Crippen LogP contribution < -0.4 is 0 Å². The van der Waals surface area contributed by atoms with E-state index in [1.54, 1.807) is 6.08 Å². The first-order chi connectivity index (χ1) is 5.29. The molecule has 0 spiro atoms. The van der Waals surface area contributed by atoms with Crippen LogP contribution in [-0.2, 0) is 9.53 Å². The first kappa shape index (κ1) is 6.39. The van der Waals surface area contributed by atoms with Crippen molar-refractivity contribution in [2.75, 3.05) is 13.2 Å². The van der Waals surface area contributed by atoms with Crippen LogP contribution in [0, 0.1) is 0 Å². The summed E-state index contributed by atoms with van der Waals surface area (Å²) in [7, 11) is 0. The van der Waals surface area contributed by atoms with E-state index in [4.69, 9.17) is 4.74 Å². The third-order valence-electron chi connectivity index (χ3n) is 1.89. The molecule has 1 amide bonds. The zero-order valence-corrected chi connectivity index (χ0v) is 5.82. The van der Waals surface area contributed by atoms with Crippen molar-refractivity contribution in [2.45, 2.75) is 6.04 Å². The Morgan fingerprint density at radius 2 is 2.36 bits per heavy atom. The number of cyclic esters (lactones) is 1. The average Bonchev–Trinajstić information content (AvgIpc) is 2.35. The topological polar surface area (TPSA) is 46.6 Å². The highest BCUT2D eigenvalue weighted by Gasteiger charge is 2.37. The lowest BCUT2D eigenvalue weighted by atomic mass is 10.1. The fourth-order valence-corrected chi connectivity index (χ4v) is 1.28. The van der Waals surface area contributed by atoms with Gasteiger partial charge in [-0.2, -0.15) is 0 Å². The first-order valence-electron chi connectivity index (χ1n) is 3.43. The Balaban J connectivity index is 2.28. The molecule has 1 saturated heterocycles. The van der Waals surface area contributed by atoms with Crippen molar-refractivity contribution in [2.24, 2.45) is 0 Å². The quantitative estimate of drug-likeness (QED) is 0.490. The smallest absolute Gasteiger partial charge is 0.410 e. The summed E-state index contributed by atoms with van der Waals surface area (Å²) in [4.78, 5) is 23.4. The summed E-state index contributed by atoms with van der Waals surface area (Å²) >= 11 is 0. The van der Waals surface area contributed by atoms with E-state index >= 15 is 0 Å². The second-order valence-electron chi connectivity index (χ2n) is 2.55. The third kappa shape index (κ3) is 0.824. The SMILES string of the molecule is O=C1C=CCN2C(=O)OC[C@H]12. The van der Waals surface area contributed by atoms with Crippen molar-refractivity contribution in [1.29, 1.82) is 0 Å². The van der Waals surface area contributed by atoms with E-state index in [1.807, 2.05) is 0 Å². The number of ketones is 1. The Labute approximate surface area is 63.4 Å². The number of fused-ring (bicyclic) bond motifs is 1. The van der Waals surface area contributed by atoms with Gasteiger partial charge in [-0.15, -0.1) is 0 Å². The molecular formula is C7H7NO3. The molecule has 0 aromatic heterocycles. The maximum atomic E-state index is 11.1. The van der Waals surface area contributed by atoms with Gasteiger partial charge in [0.15, 0.2) is 5.78 Å². The van der Waals surface area contributed by atoms with E-state index in [2.05, 4.69) is 0 Å². The molecule has 58 valence electrons. The lowest BCUT2D eigenvalue weighted by molar-refractivity contribution is -0.118. The maximum Gasteiger partial charge on any atom is 0.410 e. The Morgan fingerprint density at radius 3 is 3.09 bits per heavy atom. The third-order valence-corrected chi connectivity index (χ3v) is 1.89. The van der Waals surface area contributed by atoms with Crippen LogP contribution in [0.4, 0.5) is 4.79 Å². The number of hydrogen-bond acceptors (Lipinski definition) is 3. The average molecular weight is 153 g/mol. The Morgan fingerprint density at radius 1 is 1.55 bits per heavy atom. The van der Waals surface area contributed by atoms with Gasteiger partial charge in [-0.3, -0.25) is 9.69 Å². The number of amides is 1. The zero-order valence-electron chi connectivity index (χ0n) is 5.82. The van der Waals surface area contributed by atoms with Gasteiger partial charge >= 0.3 is 6.09 Å². The van der Waals surface area contributed by atoms with Gasteiger partial charge in [0, 0.05) is 6.54 Å². The van der Waals surface area contributed by atoms with Crippen LogP contribution in [0.25, 0.3) is 0 Å². The molecule has 2 rings (SSSR count). The van der Waals surface area contributed by atoms with Gasteiger partial charge in [0.1, 0.15) is 12.6 Å². The Bertz CT molecular complexity index is 246. The van der Waals surface area contributed by atoms with Gasteiger partial charge < -0.3 is 4.74 Å². The summed E-state index contributed by atoms with van der Waals surface area (Å²) in [6, 6.07) is -0.354. The normalized spacial score (nSPS) is 28.7. The van der Waals surface area contributed by atoms with Crippen LogP contribution in [-0.4, -0.2) is 36.0 Å². The van der Waals surface area contributed by atoms with E-state index in [-0.39, 0.29) is 24.5 Å². The molecule has 0 N–H and O–H groups in total. The molecule has 0 aromatic rings. The second-order valence-corrected chi connectivity index (χ2v) is 2.55. The number of hydrogen-bond donors (Lipinski definition) is 0. The summed E-state index contributed by atoms with van der Waals surface area (Å²) in [6.07, 6.45) is 2.79. The molecule has 1 atom stereocenters. The predicted octanol–water partition coefficient (Wildman–Crippen LogP) is -0.0539. The minimum absolute atomic E-state index is 0.0397. The lowest BCUT2D eigenvalue weighted by Crippen LogP contribution is -2.41. The fraction of sp³-hybridized carbons (Fsp3) is 0.429. The van der Waals surface area contributed by atoms with Crippen molar-refractivity contribution >= 4 is 11.9 Å². The molecule has 0 saturated carbocycles. The van der Waals surface area contributed by atoms with E-state index in [9.17, 15) is 9.59 Å². The number of carbonyl (C=O) groups is 2. The Kier molecular flexibility index (Phi) is 1.21. The van der Waals surface area contributed by atoms with Crippen molar-refractivity contribution < 1.29 is 14.3 Å². The van der Waals surface area contributed by atoms with Crippen molar-refractivity contribution in [3.05, 3.63) is 12.2 Å². The molecule has 4 heteroatoms. The highest BCUT2D eigenvalue weighted by molar-refractivity contribution is 5.98. The Hall–Kier alpha value is -1.32. The van der Waals surface area contributed by atoms with Crippen LogP contribution in [0.3, 0.4) is 0 Å². The highest BCUT2D eigenvalue weighted by Crippen LogP contribution is 2.16. The van der Waals surface area contributed by atoms with Crippen LogP contribution >= 0.6 is 0 Å². The molecule has 0 aromatic carbocycles. The van der Waals surface area contributed by atoms with E-state index < -0.39 is 0 Å². The van der Waals surface area contributed by atoms with Crippen molar-refractivity contribution in [3.8, 4) is 0 Å². The summed E-state index contributed by atoms with van der Waals surface area (Å²) < 4.78 is 4.70. The summed E-state index contributed by atoms with van der Waals surface area (Å²) in [6.45, 7) is 0.706. The molecule has 0 unspecified atom stereocenters. The maximum absolute atomic E-state index is 11.1. The lowest BCUT2D eigenvalue weighted by Gasteiger charge is -2.20. The number of rotatable bonds is 0. The molecule has 1 fully saturated rings. The molecule has 2 aliphatic rings. The van der Waals surface area contributed by atoms with Crippen LogP contribution in [0.5, 0.6) is 0 Å². The van der Waals surface area contributed by atoms with Crippen LogP contribution in [0.1, 0.15) is 0 Å². The van der Waals surface area contributed by atoms with Crippen molar-refractivity contribution in [3.63, 3.8) is 0 Å². The minimum Gasteiger partial charge on any atom is -0.447 e. The molecule has 2 heterocycles. The number of nitrogens with zero attached hydrogens (tertiary/aromatic N) is 1. The van der Waals surface area contributed by atoms with Gasteiger partial charge in [-0.1, -0.05) is 6.08 Å². The molecule has 0 radical (unpaired) electrons. The summed E-state index contributed by atoms with van der Waals surface area (Å²) in [5.74, 6) is -0.0397. The van der Waals surface area contributed by atoms with Crippen molar-refractivity contribution in [1.82, 2.24) is 4.90 Å². The van der Waals surface area contributed by atoms with E-state index in [0.29, 0.717) is 6.54 Å². The van der Waals surface area contributed by atoms with Gasteiger partial charge in [-0.05, 0) is 6.08 Å². The van der Waals surface area contributed by atoms with Gasteiger partial charge in [0.25, 0.3) is 0 Å². The molecule has 4 nitrogen and oxygen atoms in total. The van der Waals surface area contributed by atoms with Gasteiger partial charge in [0.05, 0.1) is 0 Å². The fourth-order valence-electron chi connectivity index (χ4n) is 1.28. The molecule has 0 aliphatic carbocycles. The molecular weight excluding hydrogens is 146 g/mol. The number of carbonyl (C=O) groups excluding carboxylic acids is 2. The van der Waals surface area contributed by atoms with Crippen LogP contribution in [0.15, 0.2) is 12.2 Å². The molecule has 0 bridgehead atoms. The summed E-state index contributed by atoms with van der Waals surface area (Å²) in [5.41, 5.74) is 0. The van der Waals surface area contributed by atoms with E-state index in [0.717, 1.165) is 0 Å². The van der Waals surface area contributed by atoms with Gasteiger partial charge in [0.2, 0.25) is 0 Å². The second kappa shape index (κ2) is 2.08. The van der Waals surface area contributed by atoms with E-state index in [1.165, 1.54) is 11.0 Å². The standard InChI is InChI=1S/C7H7NO3/c9-6-2-1-3-8-5(6)4-11-7(8)10/h1-2,5H,3-4H2/t5-/m1/s1. The summed E-state index contributed by atoms with van der Waals surface area (Å²) in [5, 5.41) is 0. The largest absolute Gasteiger partial charge is 0.447 e. The monoisotopic (exact) mass is 153 g/mol. The zero-order chi connectivity index (χ0) is 7.84. The minimum atomic E-state index is -0.382. The molecule has 11 heavy (non-hydrogen) atoms. The van der Waals surface area contributed by atoms with Gasteiger partial charge in [-0.25, -0.2) is 4.79 Å². The molecule has 2 aliphatic heterocycles. The predicted molar refractivity (Wildman–Crippen MR) is 36.0 cm³/mol. The number of ether oxygens (including phenoxy) is 1.